The van der Waals surface area contributed by atoms with Crippen LogP contribution in [0.15, 0.2) is 55.5 Å². The monoisotopic (exact) mass is 519 g/mol. The molecule has 194 valence electrons. The topological polar surface area (TPSA) is 80.3 Å². The van der Waals surface area contributed by atoms with Crippen LogP contribution in [0.5, 0.6) is 0 Å². The minimum Gasteiger partial charge on any atom is -0.351 e. The molecule has 9 nitrogen and oxygen atoms in total. The zero-order valence-corrected chi connectivity index (χ0v) is 20.8. The van der Waals surface area contributed by atoms with Gasteiger partial charge in [-0.25, -0.2) is 32.6 Å². The number of fused-ring (bicyclic) bond motifs is 1. The van der Waals surface area contributed by atoms with E-state index in [0.717, 1.165) is 22.5 Å². The van der Waals surface area contributed by atoms with E-state index in [4.69, 9.17) is 0 Å². The Labute approximate surface area is 216 Å². The van der Waals surface area contributed by atoms with Crippen molar-refractivity contribution in [2.75, 3.05) is 36.0 Å². The Hall–Kier alpha value is -4.48. The second kappa shape index (κ2) is 9.43. The minimum atomic E-state index is -0.949. The van der Waals surface area contributed by atoms with Crippen molar-refractivity contribution in [3.05, 3.63) is 84.1 Å². The van der Waals surface area contributed by atoms with Crippen LogP contribution >= 0.6 is 0 Å². The summed E-state index contributed by atoms with van der Waals surface area (Å²) in [4.78, 5) is 17.7. The van der Waals surface area contributed by atoms with E-state index in [2.05, 4.69) is 41.0 Å². The molecule has 0 spiro atoms. The van der Waals surface area contributed by atoms with E-state index < -0.39 is 23.4 Å². The second-order valence-corrected chi connectivity index (χ2v) is 9.34. The first-order valence-corrected chi connectivity index (χ1v) is 12.2. The highest BCUT2D eigenvalue weighted by molar-refractivity contribution is 5.77. The Bertz CT molecular complexity index is 1580. The molecule has 0 bridgehead atoms. The van der Waals surface area contributed by atoms with Gasteiger partial charge in [-0.15, -0.1) is 0 Å². The van der Waals surface area contributed by atoms with E-state index >= 15 is 0 Å². The van der Waals surface area contributed by atoms with E-state index in [1.807, 2.05) is 30.2 Å². The SMILES string of the molecule is C[C@@H](c1cnc(N2CCN(c3ncnn4cc(-c5cnn(C)c5)cc34)CC2)nc1)c1c(F)cc(F)cc1F. The van der Waals surface area contributed by atoms with E-state index in [1.165, 1.54) is 0 Å². The molecule has 12 heteroatoms. The average molecular weight is 520 g/mol. The van der Waals surface area contributed by atoms with Crippen LogP contribution in [0.25, 0.3) is 16.6 Å². The van der Waals surface area contributed by atoms with E-state index in [-0.39, 0.29) is 5.56 Å². The van der Waals surface area contributed by atoms with Gasteiger partial charge < -0.3 is 9.80 Å². The summed E-state index contributed by atoms with van der Waals surface area (Å²) in [5.41, 5.74) is 3.27. The molecular weight excluding hydrogens is 495 g/mol. The number of nitrogens with zero attached hydrogens (tertiary/aromatic N) is 9. The van der Waals surface area contributed by atoms with Crippen LogP contribution in [0.3, 0.4) is 0 Å². The Balaban J connectivity index is 1.16. The third-order valence-electron chi connectivity index (χ3n) is 6.92. The number of aromatic nitrogens is 7. The molecule has 0 aliphatic carbocycles. The van der Waals surface area contributed by atoms with Gasteiger partial charge in [-0.2, -0.15) is 10.2 Å². The molecule has 1 aliphatic rings. The van der Waals surface area contributed by atoms with Crippen molar-refractivity contribution in [2.45, 2.75) is 12.8 Å². The van der Waals surface area contributed by atoms with Crippen LogP contribution in [-0.4, -0.2) is 60.5 Å². The van der Waals surface area contributed by atoms with Gasteiger partial charge in [-0.05, 0) is 11.6 Å². The number of benzene rings is 1. The van der Waals surface area contributed by atoms with Gasteiger partial charge in [0.25, 0.3) is 0 Å². The molecule has 1 atom stereocenters. The molecule has 6 rings (SSSR count). The highest BCUT2D eigenvalue weighted by Crippen LogP contribution is 2.30. The summed E-state index contributed by atoms with van der Waals surface area (Å²) in [6.07, 6.45) is 10.4. The van der Waals surface area contributed by atoms with Crippen molar-refractivity contribution in [1.29, 1.82) is 0 Å². The fraction of sp³-hybridized carbons (Fsp3) is 0.269. The molecule has 5 aromatic rings. The number of piperazine rings is 1. The van der Waals surface area contributed by atoms with Crippen molar-refractivity contribution in [3.8, 4) is 11.1 Å². The van der Waals surface area contributed by atoms with Gasteiger partial charge in [0, 0.05) is 92.8 Å². The molecule has 0 N–H and O–H groups in total. The van der Waals surface area contributed by atoms with Crippen molar-refractivity contribution < 1.29 is 13.2 Å². The van der Waals surface area contributed by atoms with E-state index in [0.29, 0.717) is 49.8 Å². The van der Waals surface area contributed by atoms with Gasteiger partial charge >= 0.3 is 0 Å². The zero-order chi connectivity index (χ0) is 26.4. The Kier molecular flexibility index (Phi) is 5.93. The number of hydrogen-bond donors (Lipinski definition) is 0. The number of hydrogen-bond acceptors (Lipinski definition) is 7. The second-order valence-electron chi connectivity index (χ2n) is 9.34. The van der Waals surface area contributed by atoms with Gasteiger partial charge in [-0.1, -0.05) is 6.92 Å². The van der Waals surface area contributed by atoms with Crippen LogP contribution in [0, 0.1) is 17.5 Å². The summed E-state index contributed by atoms with van der Waals surface area (Å²) in [5, 5.41) is 8.62. The highest BCUT2D eigenvalue weighted by Gasteiger charge is 2.24. The lowest BCUT2D eigenvalue weighted by Gasteiger charge is -2.35. The van der Waals surface area contributed by atoms with Crippen molar-refractivity contribution >= 4 is 17.3 Å². The number of anilines is 2. The molecule has 0 amide bonds. The lowest BCUT2D eigenvalue weighted by atomic mass is 9.94. The predicted octanol–water partition coefficient (Wildman–Crippen LogP) is 3.82. The van der Waals surface area contributed by atoms with Gasteiger partial charge in [0.1, 0.15) is 29.3 Å². The molecule has 0 saturated carbocycles. The normalized spacial score (nSPS) is 14.9. The predicted molar refractivity (Wildman–Crippen MR) is 135 cm³/mol. The Morgan fingerprint density at radius 1 is 0.789 bits per heavy atom. The summed E-state index contributed by atoms with van der Waals surface area (Å²) in [6, 6.07) is 3.43. The van der Waals surface area contributed by atoms with Gasteiger partial charge in [-0.3, -0.25) is 4.68 Å². The van der Waals surface area contributed by atoms with Crippen molar-refractivity contribution in [2.24, 2.45) is 7.05 Å². The molecule has 1 aliphatic heterocycles. The van der Waals surface area contributed by atoms with Gasteiger partial charge in [0.2, 0.25) is 5.95 Å². The lowest BCUT2D eigenvalue weighted by molar-refractivity contribution is 0.517. The number of halogens is 3. The number of aryl methyl sites for hydroxylation is 1. The molecule has 1 fully saturated rings. The third kappa shape index (κ3) is 4.31. The molecule has 0 radical (unpaired) electrons. The maximum absolute atomic E-state index is 14.2. The van der Waals surface area contributed by atoms with E-state index in [1.54, 1.807) is 30.3 Å². The maximum Gasteiger partial charge on any atom is 0.225 e. The third-order valence-corrected chi connectivity index (χ3v) is 6.92. The first kappa shape index (κ1) is 23.9. The largest absolute Gasteiger partial charge is 0.351 e. The first-order valence-electron chi connectivity index (χ1n) is 12.2. The first-order chi connectivity index (χ1) is 18.4. The molecule has 4 aromatic heterocycles. The molecule has 5 heterocycles. The fourth-order valence-electron chi connectivity index (χ4n) is 4.86. The van der Waals surface area contributed by atoms with Gasteiger partial charge in [0.05, 0.1) is 6.20 Å². The van der Waals surface area contributed by atoms with Crippen LogP contribution in [0.1, 0.15) is 24.0 Å². The Morgan fingerprint density at radius 2 is 1.47 bits per heavy atom. The van der Waals surface area contributed by atoms with Gasteiger partial charge in [0.15, 0.2) is 5.82 Å². The summed E-state index contributed by atoms with van der Waals surface area (Å²) in [5.74, 6) is -2.08. The molecular formula is C26H24F3N9. The highest BCUT2D eigenvalue weighted by atomic mass is 19.1. The Morgan fingerprint density at radius 3 is 2.13 bits per heavy atom. The summed E-state index contributed by atoms with van der Waals surface area (Å²) in [7, 11) is 1.88. The quantitative estimate of drug-likeness (QED) is 0.349. The summed E-state index contributed by atoms with van der Waals surface area (Å²) < 4.78 is 45.3. The standard InChI is InChI=1S/C26H24F3N9/c1-16(24-21(28)8-20(27)9-22(24)29)18-10-30-26(31-11-18)37-5-3-36(4-6-37)25-23-7-17(14-38(23)34-15-32-25)19-12-33-35(2)13-19/h7-16H,3-6H2,1-2H3/t16-/m0/s1. The van der Waals surface area contributed by atoms with Crippen LogP contribution in [-0.2, 0) is 7.05 Å². The van der Waals surface area contributed by atoms with Crippen LogP contribution in [0.2, 0.25) is 0 Å². The zero-order valence-electron chi connectivity index (χ0n) is 20.8. The number of rotatable bonds is 5. The molecule has 1 aromatic carbocycles. The van der Waals surface area contributed by atoms with Crippen LogP contribution in [0.4, 0.5) is 24.9 Å². The fourth-order valence-corrected chi connectivity index (χ4v) is 4.86. The molecule has 1 saturated heterocycles. The maximum atomic E-state index is 14.2. The van der Waals surface area contributed by atoms with Crippen LogP contribution < -0.4 is 9.80 Å². The van der Waals surface area contributed by atoms with E-state index in [9.17, 15) is 13.2 Å². The molecule has 38 heavy (non-hydrogen) atoms. The van der Waals surface area contributed by atoms with Crippen molar-refractivity contribution in [3.63, 3.8) is 0 Å². The smallest absolute Gasteiger partial charge is 0.225 e. The summed E-state index contributed by atoms with van der Waals surface area (Å²) >= 11 is 0. The molecule has 0 unspecified atom stereocenters. The lowest BCUT2D eigenvalue weighted by Crippen LogP contribution is -2.47. The average Bonchev–Trinajstić information content (AvgIpc) is 3.54. The van der Waals surface area contributed by atoms with Crippen molar-refractivity contribution in [1.82, 2.24) is 34.3 Å². The minimum absolute atomic E-state index is 0.204. The summed E-state index contributed by atoms with van der Waals surface area (Å²) in [6.45, 7) is 4.38.